The Morgan fingerprint density at radius 1 is 0.923 bits per heavy atom. The molecule has 4 heteroatoms. The fraction of sp³-hybridized carbons (Fsp3) is 0.364. The maximum atomic E-state index is 12.2. The summed E-state index contributed by atoms with van der Waals surface area (Å²) >= 11 is 0. The third-order valence-electron chi connectivity index (χ3n) is 4.28. The van der Waals surface area contributed by atoms with E-state index in [2.05, 4.69) is 45.3 Å². The van der Waals surface area contributed by atoms with E-state index in [-0.39, 0.29) is 23.8 Å². The van der Waals surface area contributed by atoms with Gasteiger partial charge in [-0.1, -0.05) is 58.9 Å². The van der Waals surface area contributed by atoms with Gasteiger partial charge in [0.05, 0.1) is 6.54 Å². The predicted octanol–water partition coefficient (Wildman–Crippen LogP) is 4.48. The third kappa shape index (κ3) is 5.45. The van der Waals surface area contributed by atoms with Crippen molar-refractivity contribution in [3.05, 3.63) is 65.2 Å². The van der Waals surface area contributed by atoms with E-state index in [4.69, 9.17) is 0 Å². The second-order valence-electron chi connectivity index (χ2n) is 7.83. The maximum absolute atomic E-state index is 12.2. The molecule has 0 aliphatic carbocycles. The lowest BCUT2D eigenvalue weighted by atomic mass is 9.87. The number of nitrogens with one attached hydrogen (secondary N) is 2. The monoisotopic (exact) mass is 352 g/mol. The highest BCUT2D eigenvalue weighted by atomic mass is 16.2. The van der Waals surface area contributed by atoms with Gasteiger partial charge in [-0.2, -0.15) is 0 Å². The number of carbonyl (C=O) groups is 2. The number of amides is 2. The standard InChI is InChI=1S/C22H28N2O2/c1-15(2)16-8-12-19(13-9-16)24-20(25)14-23-21(26)17-6-10-18(11-7-17)22(3,4)5/h6-13,15H,14H2,1-5H3,(H,23,26)(H,24,25). The highest BCUT2D eigenvalue weighted by molar-refractivity contribution is 5.99. The molecule has 0 spiro atoms. The van der Waals surface area contributed by atoms with Crippen molar-refractivity contribution in [2.24, 2.45) is 0 Å². The Morgan fingerprint density at radius 2 is 1.50 bits per heavy atom. The number of hydrogen-bond acceptors (Lipinski definition) is 2. The molecule has 0 unspecified atom stereocenters. The highest BCUT2D eigenvalue weighted by Gasteiger charge is 2.14. The lowest BCUT2D eigenvalue weighted by Crippen LogP contribution is -2.32. The molecule has 0 saturated heterocycles. The summed E-state index contributed by atoms with van der Waals surface area (Å²) in [6.07, 6.45) is 0. The second kappa shape index (κ2) is 8.17. The highest BCUT2D eigenvalue weighted by Crippen LogP contribution is 2.22. The number of anilines is 1. The van der Waals surface area contributed by atoms with Gasteiger partial charge in [0.2, 0.25) is 5.91 Å². The van der Waals surface area contributed by atoms with Gasteiger partial charge in [-0.25, -0.2) is 0 Å². The number of hydrogen-bond donors (Lipinski definition) is 2. The first-order valence-electron chi connectivity index (χ1n) is 8.95. The molecular weight excluding hydrogens is 324 g/mol. The summed E-state index contributed by atoms with van der Waals surface area (Å²) in [6.45, 7) is 10.6. The lowest BCUT2D eigenvalue weighted by molar-refractivity contribution is -0.115. The molecular formula is C22H28N2O2. The molecule has 0 aromatic heterocycles. The largest absolute Gasteiger partial charge is 0.343 e. The van der Waals surface area contributed by atoms with Crippen molar-refractivity contribution in [1.29, 1.82) is 0 Å². The van der Waals surface area contributed by atoms with Crippen molar-refractivity contribution < 1.29 is 9.59 Å². The van der Waals surface area contributed by atoms with E-state index in [0.29, 0.717) is 11.5 Å². The zero-order valence-electron chi connectivity index (χ0n) is 16.2. The van der Waals surface area contributed by atoms with Crippen LogP contribution in [0.5, 0.6) is 0 Å². The normalized spacial score (nSPS) is 11.3. The van der Waals surface area contributed by atoms with Crippen LogP contribution in [0, 0.1) is 0 Å². The van der Waals surface area contributed by atoms with Gasteiger partial charge < -0.3 is 10.6 Å². The summed E-state index contributed by atoms with van der Waals surface area (Å²) in [4.78, 5) is 24.2. The molecule has 0 heterocycles. The van der Waals surface area contributed by atoms with Crippen LogP contribution < -0.4 is 10.6 Å². The first-order valence-corrected chi connectivity index (χ1v) is 8.95. The molecule has 0 radical (unpaired) electrons. The van der Waals surface area contributed by atoms with Crippen LogP contribution >= 0.6 is 0 Å². The lowest BCUT2D eigenvalue weighted by Gasteiger charge is -2.19. The van der Waals surface area contributed by atoms with Gasteiger partial charge in [0, 0.05) is 11.3 Å². The Morgan fingerprint density at radius 3 is 2.00 bits per heavy atom. The zero-order chi connectivity index (χ0) is 19.3. The molecule has 2 N–H and O–H groups in total. The minimum Gasteiger partial charge on any atom is -0.343 e. The molecule has 26 heavy (non-hydrogen) atoms. The van der Waals surface area contributed by atoms with Crippen molar-refractivity contribution in [3.8, 4) is 0 Å². The van der Waals surface area contributed by atoms with Crippen LogP contribution in [0.2, 0.25) is 0 Å². The van der Waals surface area contributed by atoms with E-state index >= 15 is 0 Å². The number of benzene rings is 2. The van der Waals surface area contributed by atoms with Gasteiger partial charge in [0.15, 0.2) is 0 Å². The minimum absolute atomic E-state index is 0.0417. The van der Waals surface area contributed by atoms with Crippen LogP contribution in [-0.2, 0) is 10.2 Å². The predicted molar refractivity (Wildman–Crippen MR) is 107 cm³/mol. The Balaban J connectivity index is 1.87. The fourth-order valence-electron chi connectivity index (χ4n) is 2.54. The van der Waals surface area contributed by atoms with Crippen LogP contribution in [0.25, 0.3) is 0 Å². The smallest absolute Gasteiger partial charge is 0.251 e. The van der Waals surface area contributed by atoms with Crippen LogP contribution in [0.15, 0.2) is 48.5 Å². The molecule has 0 aliphatic heterocycles. The average Bonchev–Trinajstić information content (AvgIpc) is 2.59. The Labute approximate surface area is 156 Å². The van der Waals surface area contributed by atoms with E-state index in [9.17, 15) is 9.59 Å². The van der Waals surface area contributed by atoms with Crippen molar-refractivity contribution in [3.63, 3.8) is 0 Å². The topological polar surface area (TPSA) is 58.2 Å². The molecule has 2 aromatic carbocycles. The Bertz CT molecular complexity index is 754. The average molecular weight is 352 g/mol. The van der Waals surface area contributed by atoms with E-state index in [1.165, 1.54) is 5.56 Å². The second-order valence-corrected chi connectivity index (χ2v) is 7.83. The van der Waals surface area contributed by atoms with Crippen molar-refractivity contribution in [2.45, 2.75) is 46.0 Å². The maximum Gasteiger partial charge on any atom is 0.251 e. The van der Waals surface area contributed by atoms with Gasteiger partial charge in [0.1, 0.15) is 0 Å². The summed E-state index contributed by atoms with van der Waals surface area (Å²) in [5.41, 5.74) is 3.70. The molecule has 0 saturated carbocycles. The minimum atomic E-state index is -0.254. The fourth-order valence-corrected chi connectivity index (χ4v) is 2.54. The van der Waals surface area contributed by atoms with E-state index in [1.807, 2.05) is 36.4 Å². The van der Waals surface area contributed by atoms with Gasteiger partial charge in [-0.3, -0.25) is 9.59 Å². The van der Waals surface area contributed by atoms with Crippen LogP contribution in [0.1, 0.15) is 62.0 Å². The molecule has 0 atom stereocenters. The Hall–Kier alpha value is -2.62. The van der Waals surface area contributed by atoms with Crippen LogP contribution in [0.4, 0.5) is 5.69 Å². The van der Waals surface area contributed by atoms with Gasteiger partial charge in [0.25, 0.3) is 5.91 Å². The molecule has 2 rings (SSSR count). The SMILES string of the molecule is CC(C)c1ccc(NC(=O)CNC(=O)c2ccc(C(C)(C)C)cc2)cc1. The summed E-state index contributed by atoms with van der Waals surface area (Å²) in [7, 11) is 0. The third-order valence-corrected chi connectivity index (χ3v) is 4.28. The Kier molecular flexibility index (Phi) is 6.19. The molecule has 0 bridgehead atoms. The first kappa shape index (κ1) is 19.7. The van der Waals surface area contributed by atoms with Crippen molar-refractivity contribution in [1.82, 2.24) is 5.32 Å². The summed E-state index contributed by atoms with van der Waals surface area (Å²) in [5, 5.41) is 5.45. The number of rotatable bonds is 5. The van der Waals surface area contributed by atoms with E-state index < -0.39 is 0 Å². The van der Waals surface area contributed by atoms with Crippen molar-refractivity contribution in [2.75, 3.05) is 11.9 Å². The molecule has 0 aliphatic rings. The van der Waals surface area contributed by atoms with E-state index in [1.54, 1.807) is 12.1 Å². The summed E-state index contributed by atoms with van der Waals surface area (Å²) in [5.74, 6) is -0.0542. The van der Waals surface area contributed by atoms with Crippen LogP contribution in [-0.4, -0.2) is 18.4 Å². The summed E-state index contributed by atoms with van der Waals surface area (Å²) < 4.78 is 0. The molecule has 0 fully saturated rings. The van der Waals surface area contributed by atoms with Gasteiger partial charge >= 0.3 is 0 Å². The molecule has 2 aromatic rings. The van der Waals surface area contributed by atoms with Crippen LogP contribution in [0.3, 0.4) is 0 Å². The first-order chi connectivity index (χ1) is 12.2. The van der Waals surface area contributed by atoms with Crippen molar-refractivity contribution >= 4 is 17.5 Å². The molecule has 2 amide bonds. The van der Waals surface area contributed by atoms with Gasteiger partial charge in [-0.15, -0.1) is 0 Å². The molecule has 138 valence electrons. The summed E-state index contributed by atoms with van der Waals surface area (Å²) in [6, 6.07) is 15.2. The zero-order valence-corrected chi connectivity index (χ0v) is 16.2. The molecule has 4 nitrogen and oxygen atoms in total. The van der Waals surface area contributed by atoms with Gasteiger partial charge in [-0.05, 0) is 46.7 Å². The quantitative estimate of drug-likeness (QED) is 0.834. The van der Waals surface area contributed by atoms with E-state index in [0.717, 1.165) is 11.3 Å². The number of carbonyl (C=O) groups excluding carboxylic acids is 2.